The fraction of sp³-hybridized carbons (Fsp3) is 0.125. The zero-order valence-corrected chi connectivity index (χ0v) is 6.82. The molecular weight excluding hydrogens is 158 g/mol. The van der Waals surface area contributed by atoms with E-state index in [1.807, 2.05) is 6.07 Å². The summed E-state index contributed by atoms with van der Waals surface area (Å²) in [7, 11) is 0. The molecule has 0 aliphatic heterocycles. The molecule has 1 aromatic rings. The van der Waals surface area contributed by atoms with Crippen molar-refractivity contribution in [3.63, 3.8) is 0 Å². The maximum atomic E-state index is 10.3. The smallest absolute Gasteiger partial charge is 0.344 e. The standard InChI is InChI=1S/C8H8O3.H3N/c1-7(9)10-11-8-5-3-2-4-6-8;/h2-6H,1H3;1H3. The van der Waals surface area contributed by atoms with Gasteiger partial charge in [0, 0.05) is 6.92 Å². The topological polar surface area (TPSA) is 70.5 Å². The molecule has 0 heterocycles. The van der Waals surface area contributed by atoms with E-state index in [1.54, 1.807) is 24.3 Å². The van der Waals surface area contributed by atoms with Crippen molar-refractivity contribution in [3.8, 4) is 5.75 Å². The summed E-state index contributed by atoms with van der Waals surface area (Å²) in [6, 6.07) is 8.82. The lowest BCUT2D eigenvalue weighted by molar-refractivity contribution is -0.210. The lowest BCUT2D eigenvalue weighted by Gasteiger charge is -1.99. The molecule has 0 aliphatic carbocycles. The molecule has 1 aromatic carbocycles. The van der Waals surface area contributed by atoms with E-state index in [2.05, 4.69) is 9.78 Å². The van der Waals surface area contributed by atoms with Gasteiger partial charge in [-0.3, -0.25) is 9.78 Å². The van der Waals surface area contributed by atoms with Gasteiger partial charge in [-0.15, -0.1) is 0 Å². The van der Waals surface area contributed by atoms with Gasteiger partial charge in [0.2, 0.25) is 0 Å². The average Bonchev–Trinajstić information content (AvgIpc) is 2.03. The van der Waals surface area contributed by atoms with Gasteiger partial charge in [-0.05, 0) is 12.1 Å². The highest BCUT2D eigenvalue weighted by atomic mass is 17.2. The van der Waals surface area contributed by atoms with Crippen LogP contribution in [0.5, 0.6) is 5.75 Å². The Morgan fingerprint density at radius 3 is 2.33 bits per heavy atom. The van der Waals surface area contributed by atoms with Crippen molar-refractivity contribution < 1.29 is 14.6 Å². The average molecular weight is 169 g/mol. The van der Waals surface area contributed by atoms with Gasteiger partial charge < -0.3 is 6.15 Å². The summed E-state index contributed by atoms with van der Waals surface area (Å²) in [6.07, 6.45) is 0. The van der Waals surface area contributed by atoms with Gasteiger partial charge in [-0.2, -0.15) is 0 Å². The van der Waals surface area contributed by atoms with Crippen LogP contribution in [0, 0.1) is 0 Å². The zero-order valence-electron chi connectivity index (χ0n) is 6.82. The summed E-state index contributed by atoms with van der Waals surface area (Å²) in [6.45, 7) is 1.28. The number of carbonyl (C=O) groups is 1. The minimum atomic E-state index is -0.464. The fourth-order valence-electron chi connectivity index (χ4n) is 0.583. The molecule has 0 atom stereocenters. The number of benzene rings is 1. The van der Waals surface area contributed by atoms with Crippen LogP contribution in [0.3, 0.4) is 0 Å². The Balaban J connectivity index is 0.00000121. The summed E-state index contributed by atoms with van der Waals surface area (Å²) >= 11 is 0. The summed E-state index contributed by atoms with van der Waals surface area (Å²) in [5, 5.41) is 0. The molecule has 0 saturated heterocycles. The minimum Gasteiger partial charge on any atom is -0.344 e. The first-order valence-electron chi connectivity index (χ1n) is 3.19. The Morgan fingerprint density at radius 1 is 1.25 bits per heavy atom. The van der Waals surface area contributed by atoms with Crippen LogP contribution in [0.4, 0.5) is 0 Å². The molecule has 0 saturated carbocycles. The summed E-state index contributed by atoms with van der Waals surface area (Å²) in [5.41, 5.74) is 0. The number of hydrogen-bond acceptors (Lipinski definition) is 4. The van der Waals surface area contributed by atoms with Crippen molar-refractivity contribution in [1.82, 2.24) is 6.15 Å². The molecule has 0 unspecified atom stereocenters. The summed E-state index contributed by atoms with van der Waals surface area (Å²) in [4.78, 5) is 19.2. The van der Waals surface area contributed by atoms with Gasteiger partial charge in [-0.25, -0.2) is 4.79 Å². The molecule has 0 fully saturated rings. The highest BCUT2D eigenvalue weighted by Crippen LogP contribution is 2.07. The molecule has 66 valence electrons. The fourth-order valence-corrected chi connectivity index (χ4v) is 0.583. The van der Waals surface area contributed by atoms with Gasteiger partial charge in [0.1, 0.15) is 0 Å². The zero-order chi connectivity index (χ0) is 8.10. The number of para-hydroxylation sites is 1. The highest BCUT2D eigenvalue weighted by molar-refractivity contribution is 5.65. The van der Waals surface area contributed by atoms with Crippen molar-refractivity contribution in [2.45, 2.75) is 6.92 Å². The predicted octanol–water partition coefficient (Wildman–Crippen LogP) is 1.71. The van der Waals surface area contributed by atoms with Crippen molar-refractivity contribution in [2.24, 2.45) is 0 Å². The Kier molecular flexibility index (Phi) is 4.48. The Hall–Kier alpha value is -1.55. The maximum absolute atomic E-state index is 10.3. The van der Waals surface area contributed by atoms with E-state index in [0.717, 1.165) is 0 Å². The second-order valence-electron chi connectivity index (χ2n) is 1.97. The van der Waals surface area contributed by atoms with Crippen LogP contribution < -0.4 is 11.0 Å². The molecule has 4 nitrogen and oxygen atoms in total. The minimum absolute atomic E-state index is 0. The van der Waals surface area contributed by atoms with E-state index in [4.69, 9.17) is 0 Å². The quantitative estimate of drug-likeness (QED) is 0.540. The van der Waals surface area contributed by atoms with Crippen molar-refractivity contribution in [3.05, 3.63) is 30.3 Å². The van der Waals surface area contributed by atoms with Gasteiger partial charge in [0.25, 0.3) is 0 Å². The Bertz CT molecular complexity index is 235. The molecule has 0 radical (unpaired) electrons. The molecule has 1 rings (SSSR count). The number of rotatable bonds is 2. The molecule has 4 heteroatoms. The summed E-state index contributed by atoms with van der Waals surface area (Å²) < 4.78 is 0. The second kappa shape index (κ2) is 5.15. The van der Waals surface area contributed by atoms with Crippen LogP contribution in [0.25, 0.3) is 0 Å². The third-order valence-electron chi connectivity index (χ3n) is 0.998. The largest absolute Gasteiger partial charge is 0.352 e. The predicted molar refractivity (Wildman–Crippen MR) is 43.9 cm³/mol. The SMILES string of the molecule is CC(=O)OOc1ccccc1.N. The molecule has 12 heavy (non-hydrogen) atoms. The summed E-state index contributed by atoms with van der Waals surface area (Å²) in [5.74, 6) is 0.0524. The van der Waals surface area contributed by atoms with Crippen molar-refractivity contribution in [2.75, 3.05) is 0 Å². The van der Waals surface area contributed by atoms with E-state index in [0.29, 0.717) is 5.75 Å². The lowest BCUT2D eigenvalue weighted by Crippen LogP contribution is -2.02. The van der Waals surface area contributed by atoms with Crippen LogP contribution in [0.1, 0.15) is 6.92 Å². The van der Waals surface area contributed by atoms with Gasteiger partial charge >= 0.3 is 5.97 Å². The third-order valence-corrected chi connectivity index (χ3v) is 0.998. The van der Waals surface area contributed by atoms with E-state index >= 15 is 0 Å². The van der Waals surface area contributed by atoms with Crippen LogP contribution in [0.2, 0.25) is 0 Å². The van der Waals surface area contributed by atoms with Gasteiger partial charge in [-0.1, -0.05) is 18.2 Å². The molecular formula is C8H11NO3. The maximum Gasteiger partial charge on any atom is 0.352 e. The van der Waals surface area contributed by atoms with E-state index in [9.17, 15) is 4.79 Å². The highest BCUT2D eigenvalue weighted by Gasteiger charge is 1.94. The normalized spacial score (nSPS) is 8.08. The monoisotopic (exact) mass is 169 g/mol. The molecule has 0 aromatic heterocycles. The van der Waals surface area contributed by atoms with E-state index < -0.39 is 5.97 Å². The Labute approximate surface area is 70.6 Å². The number of carbonyl (C=O) groups excluding carboxylic acids is 1. The second-order valence-corrected chi connectivity index (χ2v) is 1.97. The molecule has 0 spiro atoms. The van der Waals surface area contributed by atoms with Gasteiger partial charge in [0.05, 0.1) is 0 Å². The first-order valence-corrected chi connectivity index (χ1v) is 3.19. The van der Waals surface area contributed by atoms with Crippen LogP contribution >= 0.6 is 0 Å². The Morgan fingerprint density at radius 2 is 1.83 bits per heavy atom. The van der Waals surface area contributed by atoms with Gasteiger partial charge in [0.15, 0.2) is 5.75 Å². The molecule has 0 aliphatic rings. The molecule has 3 N–H and O–H groups in total. The van der Waals surface area contributed by atoms with Crippen LogP contribution in [-0.2, 0) is 9.68 Å². The van der Waals surface area contributed by atoms with E-state index in [1.165, 1.54) is 6.92 Å². The number of hydrogen-bond donors (Lipinski definition) is 1. The first-order chi connectivity index (χ1) is 5.29. The van der Waals surface area contributed by atoms with Crippen molar-refractivity contribution in [1.29, 1.82) is 0 Å². The van der Waals surface area contributed by atoms with Crippen LogP contribution in [0.15, 0.2) is 30.3 Å². The molecule has 0 amide bonds. The molecule has 0 bridgehead atoms. The van der Waals surface area contributed by atoms with Crippen molar-refractivity contribution >= 4 is 5.97 Å². The van der Waals surface area contributed by atoms with E-state index in [-0.39, 0.29) is 6.15 Å². The third kappa shape index (κ3) is 3.58. The van der Waals surface area contributed by atoms with Crippen LogP contribution in [-0.4, -0.2) is 5.97 Å². The first kappa shape index (κ1) is 10.4. The lowest BCUT2D eigenvalue weighted by atomic mass is 10.3.